The number of aryl methyl sites for hydroxylation is 1. The highest BCUT2D eigenvalue weighted by atomic mass is 79.9. The molecule has 0 aromatic heterocycles. The summed E-state index contributed by atoms with van der Waals surface area (Å²) in [5, 5.41) is 13.5. The standard InChI is InChI=1S/C27H39BrN2O5S/c1-8-9-12-30(13-10-11-23(33-4)26(35-6)24(17-28)34-5)25(32)16-20(18-29-3)21-14-19(2)15-22(31)27(21)36-7/h10-11,14-15,17-18,29,31H,8-9,12-13,16H2,1-7H3/b11-10+,20-18+,24-17-,26-23-. The van der Waals surface area contributed by atoms with Crippen LogP contribution in [0, 0.1) is 6.92 Å². The van der Waals surface area contributed by atoms with Gasteiger partial charge < -0.3 is 29.5 Å². The maximum absolute atomic E-state index is 13.5. The van der Waals surface area contributed by atoms with Gasteiger partial charge in [0, 0.05) is 31.3 Å². The molecule has 0 radical (unpaired) electrons. The molecule has 1 rings (SSSR count). The fourth-order valence-electron chi connectivity index (χ4n) is 3.58. The Labute approximate surface area is 228 Å². The van der Waals surface area contributed by atoms with Gasteiger partial charge in [0.05, 0.1) is 32.6 Å². The lowest BCUT2D eigenvalue weighted by Crippen LogP contribution is -2.32. The van der Waals surface area contributed by atoms with Crippen molar-refractivity contribution in [2.75, 3.05) is 47.7 Å². The monoisotopic (exact) mass is 582 g/mol. The lowest BCUT2D eigenvalue weighted by atomic mass is 10.00. The van der Waals surface area contributed by atoms with Crippen LogP contribution >= 0.6 is 27.7 Å². The highest BCUT2D eigenvalue weighted by Crippen LogP contribution is 2.36. The third kappa shape index (κ3) is 9.17. The lowest BCUT2D eigenvalue weighted by molar-refractivity contribution is -0.129. The number of unbranched alkanes of at least 4 members (excludes halogenated alkanes) is 1. The maximum Gasteiger partial charge on any atom is 0.227 e. The van der Waals surface area contributed by atoms with E-state index >= 15 is 0 Å². The molecule has 2 N–H and O–H groups in total. The average Bonchev–Trinajstić information content (AvgIpc) is 2.86. The number of hydrogen-bond acceptors (Lipinski definition) is 7. The Kier molecular flexibility index (Phi) is 14.9. The summed E-state index contributed by atoms with van der Waals surface area (Å²) in [5.74, 6) is 1.60. The molecule has 1 amide bonds. The second kappa shape index (κ2) is 17.0. The van der Waals surface area contributed by atoms with Crippen LogP contribution in [0.5, 0.6) is 5.75 Å². The molecule has 200 valence electrons. The molecule has 0 spiro atoms. The normalized spacial score (nSPS) is 12.9. The summed E-state index contributed by atoms with van der Waals surface area (Å²) < 4.78 is 16.3. The smallest absolute Gasteiger partial charge is 0.227 e. The number of nitrogens with one attached hydrogen (secondary N) is 1. The molecule has 0 aliphatic carbocycles. The van der Waals surface area contributed by atoms with Gasteiger partial charge in [-0.3, -0.25) is 4.79 Å². The molecular weight excluding hydrogens is 544 g/mol. The van der Waals surface area contributed by atoms with E-state index in [1.54, 1.807) is 38.4 Å². The van der Waals surface area contributed by atoms with E-state index in [0.29, 0.717) is 30.4 Å². The molecule has 9 heteroatoms. The predicted octanol–water partition coefficient (Wildman–Crippen LogP) is 5.94. The number of ether oxygens (including phenoxy) is 3. The number of carbonyl (C=O) groups excluding carboxylic acids is 1. The molecule has 0 heterocycles. The molecule has 0 atom stereocenters. The number of phenols is 1. The van der Waals surface area contributed by atoms with E-state index in [1.807, 2.05) is 36.4 Å². The van der Waals surface area contributed by atoms with Gasteiger partial charge in [0.15, 0.2) is 11.5 Å². The molecule has 0 bridgehead atoms. The second-order valence-corrected chi connectivity index (χ2v) is 9.15. The van der Waals surface area contributed by atoms with Crippen LogP contribution in [0.1, 0.15) is 37.3 Å². The van der Waals surface area contributed by atoms with Crippen LogP contribution in [0.15, 0.2) is 57.6 Å². The first kappa shape index (κ1) is 31.5. The van der Waals surface area contributed by atoms with Crippen LogP contribution < -0.4 is 5.32 Å². The third-order valence-corrected chi connectivity index (χ3v) is 6.60. The van der Waals surface area contributed by atoms with E-state index in [9.17, 15) is 9.90 Å². The zero-order chi connectivity index (χ0) is 27.1. The van der Waals surface area contributed by atoms with Gasteiger partial charge in [0.1, 0.15) is 5.75 Å². The quantitative estimate of drug-likeness (QED) is 0.150. The van der Waals surface area contributed by atoms with Crippen molar-refractivity contribution >= 4 is 39.2 Å². The summed E-state index contributed by atoms with van der Waals surface area (Å²) in [5.41, 5.74) is 2.61. The Morgan fingerprint density at radius 3 is 2.47 bits per heavy atom. The summed E-state index contributed by atoms with van der Waals surface area (Å²) in [7, 11) is 6.44. The number of carbonyl (C=O) groups is 1. The van der Waals surface area contributed by atoms with Crippen LogP contribution in [-0.4, -0.2) is 63.6 Å². The predicted molar refractivity (Wildman–Crippen MR) is 152 cm³/mol. The number of phenolic OH excluding ortho intramolecular Hbond substituents is 1. The number of thioether (sulfide) groups is 1. The fraction of sp³-hybridized carbons (Fsp3) is 0.444. The summed E-state index contributed by atoms with van der Waals surface area (Å²) in [6, 6.07) is 3.74. The first-order valence-electron chi connectivity index (χ1n) is 11.7. The summed E-state index contributed by atoms with van der Waals surface area (Å²) >= 11 is 4.73. The number of benzene rings is 1. The Morgan fingerprint density at radius 2 is 1.94 bits per heavy atom. The minimum atomic E-state index is -0.00417. The van der Waals surface area contributed by atoms with Crippen LogP contribution in [0.25, 0.3) is 5.57 Å². The van der Waals surface area contributed by atoms with Crippen molar-refractivity contribution in [3.8, 4) is 5.75 Å². The van der Waals surface area contributed by atoms with Crippen molar-refractivity contribution in [3.05, 3.63) is 63.9 Å². The van der Waals surface area contributed by atoms with Crippen LogP contribution in [0.4, 0.5) is 0 Å². The Hall–Kier alpha value is -2.52. The van der Waals surface area contributed by atoms with Crippen LogP contribution in [0.3, 0.4) is 0 Å². The molecule has 0 aliphatic heterocycles. The van der Waals surface area contributed by atoms with Gasteiger partial charge in [0.2, 0.25) is 11.7 Å². The molecule has 0 fully saturated rings. The van der Waals surface area contributed by atoms with E-state index in [-0.39, 0.29) is 18.1 Å². The molecular formula is C27H39BrN2O5S. The molecule has 0 unspecified atom stereocenters. The number of methoxy groups -OCH3 is 3. The number of halogens is 1. The maximum atomic E-state index is 13.5. The highest BCUT2D eigenvalue weighted by Gasteiger charge is 2.19. The lowest BCUT2D eigenvalue weighted by Gasteiger charge is -2.23. The SMILES string of the molecule is CCCCN(C/C=C/C(OC)=C(OC)\C(=C\Br)OC)C(=O)C/C(=C\NC)c1cc(C)cc(O)c1SC. The number of nitrogens with zero attached hydrogens (tertiary/aromatic N) is 1. The first-order chi connectivity index (χ1) is 17.3. The largest absolute Gasteiger partial charge is 0.507 e. The van der Waals surface area contributed by atoms with Gasteiger partial charge >= 0.3 is 0 Å². The highest BCUT2D eigenvalue weighted by molar-refractivity contribution is 9.11. The number of hydrogen-bond donors (Lipinski definition) is 2. The Bertz CT molecular complexity index is 989. The second-order valence-electron chi connectivity index (χ2n) is 7.87. The van der Waals surface area contributed by atoms with Crippen LogP contribution in [0.2, 0.25) is 0 Å². The first-order valence-corrected chi connectivity index (χ1v) is 13.8. The van der Waals surface area contributed by atoms with Gasteiger partial charge in [-0.1, -0.05) is 41.4 Å². The van der Waals surface area contributed by atoms with Crippen LogP contribution in [-0.2, 0) is 19.0 Å². The number of amides is 1. The van der Waals surface area contributed by atoms with Crippen molar-refractivity contribution in [3.63, 3.8) is 0 Å². The molecule has 1 aromatic carbocycles. The average molecular weight is 584 g/mol. The number of allylic oxidation sites excluding steroid dienone is 1. The van der Waals surface area contributed by atoms with Crippen molar-refractivity contribution in [2.24, 2.45) is 0 Å². The van der Waals surface area contributed by atoms with E-state index in [0.717, 1.165) is 34.4 Å². The number of rotatable bonds is 15. The molecule has 1 aromatic rings. The minimum absolute atomic E-state index is 0.00417. The Balaban J connectivity index is 3.25. The van der Waals surface area contributed by atoms with Crippen molar-refractivity contribution in [1.82, 2.24) is 10.2 Å². The minimum Gasteiger partial charge on any atom is -0.507 e. The fourth-order valence-corrected chi connectivity index (χ4v) is 4.65. The van der Waals surface area contributed by atoms with Gasteiger partial charge in [-0.2, -0.15) is 0 Å². The van der Waals surface area contributed by atoms with Gasteiger partial charge in [-0.05, 0) is 48.4 Å². The van der Waals surface area contributed by atoms with Gasteiger partial charge in [-0.25, -0.2) is 0 Å². The van der Waals surface area contributed by atoms with E-state index < -0.39 is 0 Å². The van der Waals surface area contributed by atoms with Gasteiger partial charge in [0.25, 0.3) is 0 Å². The summed E-state index contributed by atoms with van der Waals surface area (Å²) in [6.45, 7) is 5.07. The Morgan fingerprint density at radius 1 is 1.22 bits per heavy atom. The summed E-state index contributed by atoms with van der Waals surface area (Å²) in [6.07, 6.45) is 9.46. The van der Waals surface area contributed by atoms with Crippen molar-refractivity contribution in [1.29, 1.82) is 0 Å². The molecule has 0 aliphatic rings. The zero-order valence-electron chi connectivity index (χ0n) is 22.3. The molecule has 0 saturated carbocycles. The molecule has 0 saturated heterocycles. The zero-order valence-corrected chi connectivity index (χ0v) is 24.7. The van der Waals surface area contributed by atoms with Crippen molar-refractivity contribution in [2.45, 2.75) is 38.0 Å². The third-order valence-electron chi connectivity index (χ3n) is 5.34. The number of aromatic hydroxyl groups is 1. The van der Waals surface area contributed by atoms with E-state index in [1.165, 1.54) is 18.9 Å². The molecule has 36 heavy (non-hydrogen) atoms. The van der Waals surface area contributed by atoms with E-state index in [2.05, 4.69) is 28.2 Å². The van der Waals surface area contributed by atoms with E-state index in [4.69, 9.17) is 14.2 Å². The van der Waals surface area contributed by atoms with Crippen molar-refractivity contribution < 1.29 is 24.1 Å². The molecule has 7 nitrogen and oxygen atoms in total. The topological polar surface area (TPSA) is 80.3 Å². The summed E-state index contributed by atoms with van der Waals surface area (Å²) in [4.78, 5) is 17.7. The van der Waals surface area contributed by atoms with Gasteiger partial charge in [-0.15, -0.1) is 11.8 Å².